The number of thiophene rings is 1. The molecule has 0 unspecified atom stereocenters. The number of rotatable bonds is 1. The lowest BCUT2D eigenvalue weighted by atomic mass is 9.76. The molecule has 2 aromatic rings. The van der Waals surface area contributed by atoms with Gasteiger partial charge in [-0.25, -0.2) is 0 Å². The number of nitrogens with one attached hydrogen (secondary N) is 1. The summed E-state index contributed by atoms with van der Waals surface area (Å²) in [5, 5.41) is 7.67. The van der Waals surface area contributed by atoms with Crippen molar-refractivity contribution < 1.29 is 0 Å². The molecule has 1 aromatic heterocycles. The third-order valence-electron chi connectivity index (χ3n) is 4.33. The van der Waals surface area contributed by atoms with Gasteiger partial charge in [0.05, 0.1) is 11.9 Å². The van der Waals surface area contributed by atoms with E-state index in [1.165, 1.54) is 22.3 Å². The maximum atomic E-state index is 4.68. The highest BCUT2D eigenvalue weighted by Gasteiger charge is 2.36. The molecule has 1 aromatic carbocycles. The minimum Gasteiger partial charge on any atom is -0.374 e. The minimum absolute atomic E-state index is 0.125. The molecule has 0 saturated heterocycles. The van der Waals surface area contributed by atoms with Gasteiger partial charge in [0.1, 0.15) is 0 Å². The molecule has 1 aliphatic heterocycles. The molecule has 2 nitrogen and oxygen atoms in total. The maximum absolute atomic E-state index is 4.68. The standard InChI is InChI=1S/C16H16N2S/c1-2-12-8-16(10-17-11-18-16)6-4-15(12)14(3-1)13-5-7-19-9-13/h1-3,5,7,9,11H,4,6,8,10H2,(H,17,18)/t16-/m0/s1. The number of hydrogen-bond acceptors (Lipinski definition) is 3. The second-order valence-corrected chi connectivity index (χ2v) is 6.28. The van der Waals surface area contributed by atoms with Gasteiger partial charge in [0.15, 0.2) is 0 Å². The van der Waals surface area contributed by atoms with Crippen LogP contribution in [0, 0.1) is 0 Å². The quantitative estimate of drug-likeness (QED) is 0.843. The van der Waals surface area contributed by atoms with Crippen LogP contribution in [0.5, 0.6) is 0 Å². The summed E-state index contributed by atoms with van der Waals surface area (Å²) < 4.78 is 0. The average molecular weight is 268 g/mol. The van der Waals surface area contributed by atoms with Crippen molar-refractivity contribution >= 4 is 17.7 Å². The van der Waals surface area contributed by atoms with Crippen molar-refractivity contribution in [2.75, 3.05) is 6.54 Å². The highest BCUT2D eigenvalue weighted by Crippen LogP contribution is 2.37. The number of hydrogen-bond donors (Lipinski definition) is 1. The van der Waals surface area contributed by atoms with Gasteiger partial charge in [-0.1, -0.05) is 18.2 Å². The normalized spacial score (nSPS) is 24.4. The summed E-state index contributed by atoms with van der Waals surface area (Å²) in [4.78, 5) is 4.68. The Hall–Kier alpha value is -1.61. The highest BCUT2D eigenvalue weighted by molar-refractivity contribution is 7.08. The fourth-order valence-corrected chi connectivity index (χ4v) is 3.97. The van der Waals surface area contributed by atoms with Crippen LogP contribution in [0.4, 0.5) is 0 Å². The maximum Gasteiger partial charge on any atom is 0.0840 e. The number of nitrogens with zero attached hydrogens (tertiary/aromatic N) is 1. The van der Waals surface area contributed by atoms with E-state index in [9.17, 15) is 0 Å². The van der Waals surface area contributed by atoms with Crippen LogP contribution < -0.4 is 5.32 Å². The first-order valence-corrected chi connectivity index (χ1v) is 7.71. The molecule has 0 amide bonds. The van der Waals surface area contributed by atoms with Crippen LogP contribution in [0.2, 0.25) is 0 Å². The van der Waals surface area contributed by atoms with Crippen LogP contribution in [0.1, 0.15) is 17.5 Å². The second kappa shape index (κ2) is 4.20. The number of benzene rings is 1. The summed E-state index contributed by atoms with van der Waals surface area (Å²) in [5.74, 6) is 0. The highest BCUT2D eigenvalue weighted by atomic mass is 32.1. The van der Waals surface area contributed by atoms with Gasteiger partial charge in [-0.3, -0.25) is 4.99 Å². The molecule has 2 heterocycles. The van der Waals surface area contributed by atoms with Crippen molar-refractivity contribution in [1.82, 2.24) is 5.32 Å². The van der Waals surface area contributed by atoms with Crippen molar-refractivity contribution in [1.29, 1.82) is 0 Å². The van der Waals surface area contributed by atoms with Gasteiger partial charge >= 0.3 is 0 Å². The first-order valence-electron chi connectivity index (χ1n) is 6.77. The monoisotopic (exact) mass is 268 g/mol. The van der Waals surface area contributed by atoms with Crippen molar-refractivity contribution in [2.24, 2.45) is 4.99 Å². The van der Waals surface area contributed by atoms with Crippen LogP contribution in [-0.2, 0) is 12.8 Å². The van der Waals surface area contributed by atoms with E-state index >= 15 is 0 Å². The molecule has 1 aliphatic carbocycles. The molecule has 96 valence electrons. The Morgan fingerprint density at radius 3 is 3.05 bits per heavy atom. The van der Waals surface area contributed by atoms with E-state index in [1.807, 2.05) is 6.34 Å². The third-order valence-corrected chi connectivity index (χ3v) is 5.01. The van der Waals surface area contributed by atoms with E-state index < -0.39 is 0 Å². The molecule has 2 aliphatic rings. The van der Waals surface area contributed by atoms with E-state index in [1.54, 1.807) is 11.3 Å². The van der Waals surface area contributed by atoms with E-state index in [2.05, 4.69) is 45.3 Å². The van der Waals surface area contributed by atoms with Crippen molar-refractivity contribution in [3.05, 3.63) is 46.2 Å². The summed E-state index contributed by atoms with van der Waals surface area (Å²) >= 11 is 1.77. The average Bonchev–Trinajstić information content (AvgIpc) is 3.10. The Morgan fingerprint density at radius 1 is 1.26 bits per heavy atom. The molecule has 19 heavy (non-hydrogen) atoms. The van der Waals surface area contributed by atoms with E-state index in [4.69, 9.17) is 0 Å². The molecule has 1 atom stereocenters. The van der Waals surface area contributed by atoms with Crippen LogP contribution in [0.25, 0.3) is 11.1 Å². The Bertz CT molecular complexity index is 630. The first kappa shape index (κ1) is 11.2. The minimum atomic E-state index is 0.125. The molecule has 4 rings (SSSR count). The molecule has 3 heteroatoms. The molecule has 0 bridgehead atoms. The third kappa shape index (κ3) is 1.80. The van der Waals surface area contributed by atoms with E-state index in [-0.39, 0.29) is 5.54 Å². The molecular formula is C16H16N2S. The van der Waals surface area contributed by atoms with Gasteiger partial charge < -0.3 is 5.32 Å². The van der Waals surface area contributed by atoms with Gasteiger partial charge in [-0.15, -0.1) is 0 Å². The van der Waals surface area contributed by atoms with Gasteiger partial charge in [0, 0.05) is 6.54 Å². The zero-order chi connectivity index (χ0) is 12.7. The van der Waals surface area contributed by atoms with E-state index in [0.29, 0.717) is 0 Å². The van der Waals surface area contributed by atoms with Crippen molar-refractivity contribution in [3.8, 4) is 11.1 Å². The summed E-state index contributed by atoms with van der Waals surface area (Å²) in [7, 11) is 0. The Morgan fingerprint density at radius 2 is 2.26 bits per heavy atom. The number of fused-ring (bicyclic) bond motifs is 1. The topological polar surface area (TPSA) is 24.4 Å². The van der Waals surface area contributed by atoms with Crippen LogP contribution >= 0.6 is 11.3 Å². The molecular weight excluding hydrogens is 252 g/mol. The van der Waals surface area contributed by atoms with Crippen LogP contribution in [-0.4, -0.2) is 18.4 Å². The Balaban J connectivity index is 1.78. The predicted octanol–water partition coefficient (Wildman–Crippen LogP) is 3.27. The predicted molar refractivity (Wildman–Crippen MR) is 81.0 cm³/mol. The van der Waals surface area contributed by atoms with Crippen molar-refractivity contribution in [3.63, 3.8) is 0 Å². The lowest BCUT2D eigenvalue weighted by molar-refractivity contribution is 0.395. The second-order valence-electron chi connectivity index (χ2n) is 5.50. The SMILES string of the molecule is C1=N[C@]2(CCc3c(cccc3-c3ccsc3)C2)CN1. The fraction of sp³-hybridized carbons (Fsp3) is 0.312. The van der Waals surface area contributed by atoms with Gasteiger partial charge in [0.2, 0.25) is 0 Å². The first-order chi connectivity index (χ1) is 9.36. The van der Waals surface area contributed by atoms with Crippen LogP contribution in [0.15, 0.2) is 40.0 Å². The smallest absolute Gasteiger partial charge is 0.0840 e. The molecule has 0 saturated carbocycles. The summed E-state index contributed by atoms with van der Waals surface area (Å²) in [6.45, 7) is 0.995. The summed E-state index contributed by atoms with van der Waals surface area (Å²) in [6.07, 6.45) is 5.25. The summed E-state index contributed by atoms with van der Waals surface area (Å²) in [6, 6.07) is 8.95. The largest absolute Gasteiger partial charge is 0.374 e. The zero-order valence-corrected chi connectivity index (χ0v) is 11.5. The van der Waals surface area contributed by atoms with E-state index in [0.717, 1.165) is 25.8 Å². The molecule has 0 radical (unpaired) electrons. The van der Waals surface area contributed by atoms with Gasteiger partial charge in [0.25, 0.3) is 0 Å². The van der Waals surface area contributed by atoms with Crippen molar-refractivity contribution in [2.45, 2.75) is 24.8 Å². The summed E-state index contributed by atoms with van der Waals surface area (Å²) in [5.41, 5.74) is 5.93. The Kier molecular flexibility index (Phi) is 2.49. The lowest BCUT2D eigenvalue weighted by Gasteiger charge is -2.32. The lowest BCUT2D eigenvalue weighted by Crippen LogP contribution is -2.38. The molecule has 0 fully saturated rings. The zero-order valence-electron chi connectivity index (χ0n) is 10.7. The molecule has 1 spiro atoms. The Labute approximate surface area is 117 Å². The fourth-order valence-electron chi connectivity index (χ4n) is 3.31. The van der Waals surface area contributed by atoms with Gasteiger partial charge in [-0.05, 0) is 58.3 Å². The number of aliphatic imine (C=N–C) groups is 1. The molecule has 1 N–H and O–H groups in total. The van der Waals surface area contributed by atoms with Gasteiger partial charge in [-0.2, -0.15) is 11.3 Å². The van der Waals surface area contributed by atoms with Crippen LogP contribution in [0.3, 0.4) is 0 Å².